The third-order valence-electron chi connectivity index (χ3n) is 2.36. The SMILES string of the molecule is CCNc1cccc(Cn2cc(Cl)c([N+](=O)[O-])n2)n1. The van der Waals surface area contributed by atoms with E-state index in [0.717, 1.165) is 18.1 Å². The fourth-order valence-electron chi connectivity index (χ4n) is 1.60. The molecule has 0 aliphatic rings. The van der Waals surface area contributed by atoms with Crippen molar-refractivity contribution in [2.24, 2.45) is 0 Å². The standard InChI is InChI=1S/C11H12ClN5O2/c1-2-13-10-5-3-4-8(14-10)6-16-7-9(12)11(15-16)17(18)19/h3-5,7H,2,6H2,1H3,(H,13,14). The van der Waals surface area contributed by atoms with Gasteiger partial charge in [0.05, 0.1) is 17.0 Å². The average Bonchev–Trinajstić information content (AvgIpc) is 2.71. The first-order valence-electron chi connectivity index (χ1n) is 5.67. The fourth-order valence-corrected chi connectivity index (χ4v) is 1.82. The molecule has 0 fully saturated rings. The monoisotopic (exact) mass is 281 g/mol. The van der Waals surface area contributed by atoms with Gasteiger partial charge in [0, 0.05) is 6.54 Å². The molecule has 2 rings (SSSR count). The van der Waals surface area contributed by atoms with Crippen molar-refractivity contribution in [1.29, 1.82) is 0 Å². The Kier molecular flexibility index (Phi) is 3.96. The lowest BCUT2D eigenvalue weighted by Crippen LogP contribution is -2.05. The molecule has 0 saturated carbocycles. The summed E-state index contributed by atoms with van der Waals surface area (Å²) in [5.41, 5.74) is 0.743. The van der Waals surface area contributed by atoms with Crippen molar-refractivity contribution in [2.45, 2.75) is 13.5 Å². The maximum atomic E-state index is 10.6. The Labute approximate surface area is 114 Å². The van der Waals surface area contributed by atoms with Crippen LogP contribution in [0.1, 0.15) is 12.6 Å². The zero-order valence-electron chi connectivity index (χ0n) is 10.2. The van der Waals surface area contributed by atoms with Gasteiger partial charge in [-0.2, -0.15) is 4.68 Å². The highest BCUT2D eigenvalue weighted by atomic mass is 35.5. The van der Waals surface area contributed by atoms with E-state index in [-0.39, 0.29) is 10.8 Å². The minimum absolute atomic E-state index is 0.0211. The van der Waals surface area contributed by atoms with Crippen molar-refractivity contribution in [1.82, 2.24) is 14.8 Å². The molecule has 0 bridgehead atoms. The zero-order valence-corrected chi connectivity index (χ0v) is 11.0. The number of aromatic nitrogens is 3. The molecule has 0 radical (unpaired) electrons. The summed E-state index contributed by atoms with van der Waals surface area (Å²) in [7, 11) is 0. The molecular formula is C11H12ClN5O2. The van der Waals surface area contributed by atoms with E-state index in [1.807, 2.05) is 25.1 Å². The Morgan fingerprint density at radius 3 is 2.95 bits per heavy atom. The highest BCUT2D eigenvalue weighted by molar-refractivity contribution is 6.32. The van der Waals surface area contributed by atoms with Crippen LogP contribution in [-0.4, -0.2) is 26.2 Å². The number of anilines is 1. The molecular weight excluding hydrogens is 270 g/mol. The van der Waals surface area contributed by atoms with E-state index < -0.39 is 4.92 Å². The molecule has 0 unspecified atom stereocenters. The quantitative estimate of drug-likeness (QED) is 0.671. The predicted octanol–water partition coefficient (Wildman–Crippen LogP) is 2.32. The summed E-state index contributed by atoms with van der Waals surface area (Å²) < 4.78 is 1.40. The van der Waals surface area contributed by atoms with E-state index in [0.29, 0.717) is 6.54 Å². The number of nitrogens with zero attached hydrogens (tertiary/aromatic N) is 4. The van der Waals surface area contributed by atoms with Gasteiger partial charge < -0.3 is 15.4 Å². The second-order valence-corrected chi connectivity index (χ2v) is 4.21. The van der Waals surface area contributed by atoms with E-state index in [9.17, 15) is 10.1 Å². The van der Waals surface area contributed by atoms with Crippen LogP contribution in [0.4, 0.5) is 11.6 Å². The van der Waals surface area contributed by atoms with Gasteiger partial charge in [-0.05, 0) is 24.0 Å². The van der Waals surface area contributed by atoms with Gasteiger partial charge in [-0.3, -0.25) is 0 Å². The Morgan fingerprint density at radius 2 is 2.32 bits per heavy atom. The normalized spacial score (nSPS) is 10.4. The largest absolute Gasteiger partial charge is 0.408 e. The van der Waals surface area contributed by atoms with Crippen molar-refractivity contribution in [3.05, 3.63) is 45.2 Å². The lowest BCUT2D eigenvalue weighted by Gasteiger charge is -2.03. The van der Waals surface area contributed by atoms with Crippen LogP contribution in [-0.2, 0) is 6.54 Å². The molecule has 0 amide bonds. The van der Waals surface area contributed by atoms with Gasteiger partial charge in [0.2, 0.25) is 0 Å². The first kappa shape index (κ1) is 13.3. The van der Waals surface area contributed by atoms with Gasteiger partial charge in [0.1, 0.15) is 12.4 Å². The molecule has 2 aromatic rings. The smallest absolute Gasteiger partial charge is 0.370 e. The van der Waals surface area contributed by atoms with Gasteiger partial charge in [-0.1, -0.05) is 17.7 Å². The van der Waals surface area contributed by atoms with Gasteiger partial charge in [0.25, 0.3) is 0 Å². The molecule has 0 aromatic carbocycles. The number of hydrogen-bond acceptors (Lipinski definition) is 5. The Morgan fingerprint density at radius 1 is 1.53 bits per heavy atom. The molecule has 19 heavy (non-hydrogen) atoms. The lowest BCUT2D eigenvalue weighted by molar-refractivity contribution is -0.389. The molecule has 7 nitrogen and oxygen atoms in total. The summed E-state index contributed by atoms with van der Waals surface area (Å²) in [6.07, 6.45) is 1.42. The minimum atomic E-state index is -0.610. The highest BCUT2D eigenvalue weighted by Crippen LogP contribution is 2.21. The molecule has 0 spiro atoms. The van der Waals surface area contributed by atoms with Crippen molar-refractivity contribution in [3.63, 3.8) is 0 Å². The number of rotatable bonds is 5. The molecule has 1 N–H and O–H groups in total. The van der Waals surface area contributed by atoms with Crippen molar-refractivity contribution >= 4 is 23.2 Å². The fraction of sp³-hybridized carbons (Fsp3) is 0.273. The predicted molar refractivity (Wildman–Crippen MR) is 71.4 cm³/mol. The lowest BCUT2D eigenvalue weighted by atomic mass is 10.3. The second-order valence-electron chi connectivity index (χ2n) is 3.80. The third kappa shape index (κ3) is 3.19. The van der Waals surface area contributed by atoms with Crippen LogP contribution < -0.4 is 5.32 Å². The number of pyridine rings is 1. The van der Waals surface area contributed by atoms with E-state index in [4.69, 9.17) is 11.6 Å². The van der Waals surface area contributed by atoms with Crippen molar-refractivity contribution in [3.8, 4) is 0 Å². The molecule has 0 aliphatic heterocycles. The van der Waals surface area contributed by atoms with Crippen LogP contribution in [0.15, 0.2) is 24.4 Å². The van der Waals surface area contributed by atoms with Gasteiger partial charge >= 0.3 is 5.82 Å². The molecule has 2 heterocycles. The summed E-state index contributed by atoms with van der Waals surface area (Å²) in [5.74, 6) is 0.414. The number of hydrogen-bond donors (Lipinski definition) is 1. The first-order chi connectivity index (χ1) is 9.10. The minimum Gasteiger partial charge on any atom is -0.370 e. The number of nitro groups is 1. The van der Waals surface area contributed by atoms with Gasteiger partial charge in [0.15, 0.2) is 5.02 Å². The Hall–Kier alpha value is -2.15. The third-order valence-corrected chi connectivity index (χ3v) is 2.63. The van der Waals surface area contributed by atoms with Crippen LogP contribution in [0.5, 0.6) is 0 Å². The Bertz CT molecular complexity index is 599. The summed E-state index contributed by atoms with van der Waals surface area (Å²) in [6.45, 7) is 3.08. The summed E-state index contributed by atoms with van der Waals surface area (Å²) in [6, 6.07) is 5.54. The van der Waals surface area contributed by atoms with Gasteiger partial charge in [-0.25, -0.2) is 4.98 Å². The molecule has 0 aliphatic carbocycles. The maximum Gasteiger partial charge on any atom is 0.408 e. The van der Waals surface area contributed by atoms with Crippen LogP contribution in [0.3, 0.4) is 0 Å². The summed E-state index contributed by atoms with van der Waals surface area (Å²) in [5, 5.41) is 17.6. The van der Waals surface area contributed by atoms with E-state index in [1.165, 1.54) is 10.9 Å². The summed E-state index contributed by atoms with van der Waals surface area (Å²) in [4.78, 5) is 14.4. The number of nitrogens with one attached hydrogen (secondary N) is 1. The zero-order chi connectivity index (χ0) is 13.8. The molecule has 8 heteroatoms. The topological polar surface area (TPSA) is 85.9 Å². The average molecular weight is 282 g/mol. The van der Waals surface area contributed by atoms with Crippen LogP contribution >= 0.6 is 11.6 Å². The van der Waals surface area contributed by atoms with E-state index >= 15 is 0 Å². The van der Waals surface area contributed by atoms with Gasteiger partial charge in [-0.15, -0.1) is 0 Å². The molecule has 0 atom stereocenters. The molecule has 2 aromatic heterocycles. The highest BCUT2D eigenvalue weighted by Gasteiger charge is 2.19. The van der Waals surface area contributed by atoms with Crippen LogP contribution in [0, 0.1) is 10.1 Å². The number of halogens is 1. The van der Waals surface area contributed by atoms with E-state index in [1.54, 1.807) is 0 Å². The van der Waals surface area contributed by atoms with Crippen molar-refractivity contribution in [2.75, 3.05) is 11.9 Å². The van der Waals surface area contributed by atoms with Crippen molar-refractivity contribution < 1.29 is 4.92 Å². The first-order valence-corrected chi connectivity index (χ1v) is 6.05. The maximum absolute atomic E-state index is 10.6. The second kappa shape index (κ2) is 5.66. The molecule has 100 valence electrons. The summed E-state index contributed by atoms with van der Waals surface area (Å²) >= 11 is 5.73. The van der Waals surface area contributed by atoms with E-state index in [2.05, 4.69) is 15.4 Å². The molecule has 0 saturated heterocycles. The van der Waals surface area contributed by atoms with Crippen LogP contribution in [0.25, 0.3) is 0 Å². The van der Waals surface area contributed by atoms with Crippen LogP contribution in [0.2, 0.25) is 5.02 Å². The Balaban J connectivity index is 2.19.